The van der Waals surface area contributed by atoms with Crippen LogP contribution >= 0.6 is 0 Å². The fraction of sp³-hybridized carbons (Fsp3) is 0.300. The summed E-state index contributed by atoms with van der Waals surface area (Å²) in [4.78, 5) is 21.5. The van der Waals surface area contributed by atoms with Crippen molar-refractivity contribution in [2.45, 2.75) is 12.3 Å². The van der Waals surface area contributed by atoms with Crippen LogP contribution in [0.2, 0.25) is 0 Å². The maximum atomic E-state index is 11.4. The van der Waals surface area contributed by atoms with Crippen LogP contribution in [0.15, 0.2) is 24.3 Å². The van der Waals surface area contributed by atoms with Gasteiger partial charge in [-0.1, -0.05) is 12.1 Å². The Bertz CT molecular complexity index is 417. The third kappa shape index (κ3) is 1.81. The van der Waals surface area contributed by atoms with Crippen molar-refractivity contribution in [2.75, 3.05) is 6.54 Å². The fourth-order valence-corrected chi connectivity index (χ4v) is 1.77. The first-order valence-corrected chi connectivity index (χ1v) is 4.70. The van der Waals surface area contributed by atoms with Gasteiger partial charge in [-0.25, -0.2) is 0 Å². The van der Waals surface area contributed by atoms with Gasteiger partial charge in [0.05, 0.1) is 10.8 Å². The largest absolute Gasteiger partial charge is 0.356 e. The van der Waals surface area contributed by atoms with E-state index in [0.29, 0.717) is 13.0 Å². The van der Waals surface area contributed by atoms with Gasteiger partial charge in [-0.15, -0.1) is 0 Å². The van der Waals surface area contributed by atoms with Gasteiger partial charge >= 0.3 is 0 Å². The lowest BCUT2D eigenvalue weighted by atomic mass is 9.97. The molecular weight excluding hydrogens is 196 g/mol. The van der Waals surface area contributed by atoms with E-state index in [4.69, 9.17) is 0 Å². The molecule has 1 atom stereocenters. The third-order valence-electron chi connectivity index (χ3n) is 2.53. The summed E-state index contributed by atoms with van der Waals surface area (Å²) in [6, 6.07) is 6.26. The monoisotopic (exact) mass is 206 g/mol. The van der Waals surface area contributed by atoms with Crippen molar-refractivity contribution in [3.05, 3.63) is 39.9 Å². The second kappa shape index (κ2) is 3.68. The number of nitro groups is 1. The number of rotatable bonds is 2. The summed E-state index contributed by atoms with van der Waals surface area (Å²) in [5.41, 5.74) is 0.756. The molecule has 15 heavy (non-hydrogen) atoms. The highest BCUT2D eigenvalue weighted by atomic mass is 16.6. The number of benzene rings is 1. The molecular formula is C10H10N2O3. The highest BCUT2D eigenvalue weighted by Crippen LogP contribution is 2.26. The number of hydrogen-bond acceptors (Lipinski definition) is 3. The van der Waals surface area contributed by atoms with Crippen LogP contribution in [0.25, 0.3) is 0 Å². The van der Waals surface area contributed by atoms with E-state index in [1.807, 2.05) is 0 Å². The normalized spacial score (nSPS) is 20.0. The van der Waals surface area contributed by atoms with Crippen LogP contribution in [-0.4, -0.2) is 17.4 Å². The Morgan fingerprint density at radius 3 is 2.87 bits per heavy atom. The van der Waals surface area contributed by atoms with E-state index in [-0.39, 0.29) is 17.5 Å². The molecule has 0 radical (unpaired) electrons. The second-order valence-electron chi connectivity index (χ2n) is 3.48. The minimum Gasteiger partial charge on any atom is -0.356 e. The number of carbonyl (C=O) groups is 1. The van der Waals surface area contributed by atoms with Gasteiger partial charge in [-0.2, -0.15) is 0 Å². The van der Waals surface area contributed by atoms with Gasteiger partial charge < -0.3 is 5.32 Å². The molecule has 1 aromatic rings. The summed E-state index contributed by atoms with van der Waals surface area (Å²) < 4.78 is 0. The van der Waals surface area contributed by atoms with Crippen molar-refractivity contribution >= 4 is 11.6 Å². The quantitative estimate of drug-likeness (QED) is 0.583. The van der Waals surface area contributed by atoms with Gasteiger partial charge in [0.15, 0.2) is 0 Å². The molecule has 1 heterocycles. The smallest absolute Gasteiger partial charge is 0.269 e. The van der Waals surface area contributed by atoms with Crippen molar-refractivity contribution in [3.8, 4) is 0 Å². The zero-order valence-corrected chi connectivity index (χ0v) is 7.97. The van der Waals surface area contributed by atoms with Crippen molar-refractivity contribution in [1.29, 1.82) is 0 Å². The van der Waals surface area contributed by atoms with Crippen LogP contribution in [0.3, 0.4) is 0 Å². The molecule has 1 fully saturated rings. The van der Waals surface area contributed by atoms with Gasteiger partial charge in [-0.3, -0.25) is 14.9 Å². The summed E-state index contributed by atoms with van der Waals surface area (Å²) in [6.07, 6.45) is 0.708. The molecule has 0 spiro atoms. The lowest BCUT2D eigenvalue weighted by Crippen LogP contribution is -2.17. The first-order chi connectivity index (χ1) is 7.18. The SMILES string of the molecule is O=C1NCCC1c1cccc([N+](=O)[O-])c1. The number of non-ortho nitro benzene ring substituents is 1. The van der Waals surface area contributed by atoms with Crippen LogP contribution < -0.4 is 5.32 Å². The van der Waals surface area contributed by atoms with E-state index in [2.05, 4.69) is 5.32 Å². The minimum absolute atomic E-state index is 0.0344. The summed E-state index contributed by atoms with van der Waals surface area (Å²) in [7, 11) is 0. The van der Waals surface area contributed by atoms with Crippen molar-refractivity contribution < 1.29 is 9.72 Å². The number of carbonyl (C=O) groups excluding carboxylic acids is 1. The third-order valence-corrected chi connectivity index (χ3v) is 2.53. The lowest BCUT2D eigenvalue weighted by Gasteiger charge is -2.05. The van der Waals surface area contributed by atoms with Gasteiger partial charge in [0.2, 0.25) is 5.91 Å². The predicted molar refractivity (Wildman–Crippen MR) is 53.5 cm³/mol. The molecule has 1 unspecified atom stereocenters. The average molecular weight is 206 g/mol. The number of nitrogens with zero attached hydrogens (tertiary/aromatic N) is 1. The molecule has 1 amide bonds. The Hall–Kier alpha value is -1.91. The predicted octanol–water partition coefficient (Wildman–Crippen LogP) is 1.20. The Morgan fingerprint density at radius 1 is 1.47 bits per heavy atom. The van der Waals surface area contributed by atoms with Crippen LogP contribution in [0.1, 0.15) is 17.9 Å². The van der Waals surface area contributed by atoms with Crippen LogP contribution in [0.4, 0.5) is 5.69 Å². The first-order valence-electron chi connectivity index (χ1n) is 4.70. The van der Waals surface area contributed by atoms with E-state index >= 15 is 0 Å². The van der Waals surface area contributed by atoms with Crippen molar-refractivity contribution in [1.82, 2.24) is 5.32 Å². The second-order valence-corrected chi connectivity index (χ2v) is 3.48. The Balaban J connectivity index is 2.32. The lowest BCUT2D eigenvalue weighted by molar-refractivity contribution is -0.384. The van der Waals surface area contributed by atoms with Gasteiger partial charge in [0.25, 0.3) is 5.69 Å². The van der Waals surface area contributed by atoms with Gasteiger partial charge in [0.1, 0.15) is 0 Å². The average Bonchev–Trinajstić information content (AvgIpc) is 2.64. The first kappa shape index (κ1) is 9.64. The molecule has 1 aromatic carbocycles. The summed E-state index contributed by atoms with van der Waals surface area (Å²) in [5.74, 6) is -0.277. The standard InChI is InChI=1S/C10H10N2O3/c13-10-9(4-5-11-10)7-2-1-3-8(6-7)12(14)15/h1-3,6,9H,4-5H2,(H,11,13). The molecule has 0 bridgehead atoms. The summed E-state index contributed by atoms with van der Waals surface area (Å²) >= 11 is 0. The maximum Gasteiger partial charge on any atom is 0.269 e. The maximum absolute atomic E-state index is 11.4. The van der Waals surface area contributed by atoms with E-state index in [1.165, 1.54) is 12.1 Å². The fourth-order valence-electron chi connectivity index (χ4n) is 1.77. The van der Waals surface area contributed by atoms with Crippen molar-refractivity contribution in [3.63, 3.8) is 0 Å². The molecule has 0 aliphatic carbocycles. The van der Waals surface area contributed by atoms with E-state index < -0.39 is 4.92 Å². The highest BCUT2D eigenvalue weighted by Gasteiger charge is 2.26. The van der Waals surface area contributed by atoms with Gasteiger partial charge in [-0.05, 0) is 12.0 Å². The number of nitro benzene ring substituents is 1. The topological polar surface area (TPSA) is 72.2 Å². The number of amides is 1. The van der Waals surface area contributed by atoms with Crippen LogP contribution in [0.5, 0.6) is 0 Å². The Kier molecular flexibility index (Phi) is 2.37. The highest BCUT2D eigenvalue weighted by molar-refractivity contribution is 5.85. The molecule has 5 heteroatoms. The minimum atomic E-state index is -0.448. The zero-order chi connectivity index (χ0) is 10.8. The number of hydrogen-bond donors (Lipinski definition) is 1. The molecule has 1 aliphatic rings. The van der Waals surface area contributed by atoms with E-state index in [1.54, 1.807) is 12.1 Å². The van der Waals surface area contributed by atoms with Gasteiger partial charge in [0, 0.05) is 18.7 Å². The van der Waals surface area contributed by atoms with Crippen LogP contribution in [-0.2, 0) is 4.79 Å². The van der Waals surface area contributed by atoms with Crippen LogP contribution in [0, 0.1) is 10.1 Å². The molecule has 78 valence electrons. The molecule has 5 nitrogen and oxygen atoms in total. The molecule has 1 N–H and O–H groups in total. The van der Waals surface area contributed by atoms with Crippen molar-refractivity contribution in [2.24, 2.45) is 0 Å². The molecule has 0 saturated carbocycles. The molecule has 1 aliphatic heterocycles. The van der Waals surface area contributed by atoms with E-state index in [0.717, 1.165) is 5.56 Å². The molecule has 1 saturated heterocycles. The Morgan fingerprint density at radius 2 is 2.27 bits per heavy atom. The zero-order valence-electron chi connectivity index (χ0n) is 7.97. The number of nitrogens with one attached hydrogen (secondary N) is 1. The Labute approximate surface area is 86.2 Å². The molecule has 2 rings (SSSR count). The summed E-state index contributed by atoms with van der Waals surface area (Å²) in [5, 5.41) is 13.3. The summed E-state index contributed by atoms with van der Waals surface area (Å²) in [6.45, 7) is 0.645. The van der Waals surface area contributed by atoms with E-state index in [9.17, 15) is 14.9 Å². The molecule has 0 aromatic heterocycles.